The first kappa shape index (κ1) is 21.7. The number of halogens is 1. The van der Waals surface area contributed by atoms with Crippen molar-refractivity contribution in [2.45, 2.75) is 44.2 Å². The predicted molar refractivity (Wildman–Crippen MR) is 128 cm³/mol. The quantitative estimate of drug-likeness (QED) is 0.361. The molecule has 0 aliphatic carbocycles. The zero-order valence-electron chi connectivity index (χ0n) is 17.3. The summed E-state index contributed by atoms with van der Waals surface area (Å²) in [5.41, 5.74) is 2.24. The molecule has 4 rings (SSSR count). The monoisotopic (exact) mass is 507 g/mol. The molecule has 2 N–H and O–H groups in total. The van der Waals surface area contributed by atoms with Crippen molar-refractivity contribution in [3.8, 4) is 11.5 Å². The Kier molecular flexibility index (Phi) is 6.93. The number of hydrogen-bond acceptors (Lipinski definition) is 3. The highest BCUT2D eigenvalue weighted by molar-refractivity contribution is 14.0. The number of nitrogens with one attached hydrogen (secondary N) is 2. The number of aliphatic imine (C=N–C) groups is 1. The van der Waals surface area contributed by atoms with Crippen LogP contribution in [0.4, 0.5) is 0 Å². The summed E-state index contributed by atoms with van der Waals surface area (Å²) >= 11 is 0. The van der Waals surface area contributed by atoms with Crippen LogP contribution in [0.2, 0.25) is 0 Å². The summed E-state index contributed by atoms with van der Waals surface area (Å²) in [5, 5.41) is 7.14. The molecule has 0 saturated heterocycles. The molecule has 2 aromatic carbocycles. The van der Waals surface area contributed by atoms with Crippen LogP contribution in [-0.2, 0) is 0 Å². The van der Waals surface area contributed by atoms with Gasteiger partial charge in [-0.1, -0.05) is 36.4 Å². The van der Waals surface area contributed by atoms with E-state index in [1.807, 2.05) is 25.2 Å². The molecule has 0 bridgehead atoms. The highest BCUT2D eigenvalue weighted by atomic mass is 127. The minimum absolute atomic E-state index is 0. The Morgan fingerprint density at radius 3 is 2.52 bits per heavy atom. The maximum absolute atomic E-state index is 6.14. The van der Waals surface area contributed by atoms with Gasteiger partial charge in [0.25, 0.3) is 0 Å². The molecular weight excluding hydrogens is 477 g/mol. The number of ether oxygens (including phenoxy) is 2. The molecule has 0 spiro atoms. The molecule has 2 unspecified atom stereocenters. The van der Waals surface area contributed by atoms with Gasteiger partial charge in [0.15, 0.2) is 5.96 Å². The van der Waals surface area contributed by atoms with Gasteiger partial charge in [0.05, 0.1) is 12.6 Å². The summed E-state index contributed by atoms with van der Waals surface area (Å²) in [6.45, 7) is 5.85. The number of hydrogen-bond donors (Lipinski definition) is 2. The van der Waals surface area contributed by atoms with E-state index in [0.29, 0.717) is 5.92 Å². The molecule has 2 aliphatic rings. The van der Waals surface area contributed by atoms with Crippen LogP contribution >= 0.6 is 24.0 Å². The number of fused-ring (bicyclic) bond motifs is 2. The van der Waals surface area contributed by atoms with Crippen LogP contribution < -0.4 is 20.1 Å². The van der Waals surface area contributed by atoms with Gasteiger partial charge in [-0.15, -0.1) is 24.0 Å². The fourth-order valence-corrected chi connectivity index (χ4v) is 4.14. The zero-order chi connectivity index (χ0) is 19.6. The number of rotatable bonds is 3. The highest BCUT2D eigenvalue weighted by Gasteiger charge is 2.34. The Labute approximate surface area is 190 Å². The van der Waals surface area contributed by atoms with E-state index in [9.17, 15) is 0 Å². The predicted octanol–water partition coefficient (Wildman–Crippen LogP) is 4.64. The minimum atomic E-state index is -0.218. The topological polar surface area (TPSA) is 54.9 Å². The summed E-state index contributed by atoms with van der Waals surface area (Å²) in [6.07, 6.45) is 1.89. The van der Waals surface area contributed by atoms with E-state index < -0.39 is 0 Å². The summed E-state index contributed by atoms with van der Waals surface area (Å²) in [4.78, 5) is 4.47. The fraction of sp³-hybridized carbons (Fsp3) is 0.435. The lowest BCUT2D eigenvalue weighted by atomic mass is 9.90. The number of nitrogens with zero attached hydrogens (tertiary/aromatic N) is 1. The van der Waals surface area contributed by atoms with Crippen molar-refractivity contribution >= 4 is 29.9 Å². The Morgan fingerprint density at radius 1 is 1.07 bits per heavy atom. The molecular formula is C23H30IN3O2. The van der Waals surface area contributed by atoms with Gasteiger partial charge in [-0.25, -0.2) is 0 Å². The van der Waals surface area contributed by atoms with Crippen molar-refractivity contribution in [2.24, 2.45) is 4.99 Å². The van der Waals surface area contributed by atoms with Crippen LogP contribution in [-0.4, -0.2) is 31.8 Å². The van der Waals surface area contributed by atoms with E-state index in [0.717, 1.165) is 43.5 Å². The van der Waals surface area contributed by atoms with Crippen LogP contribution in [0.15, 0.2) is 53.5 Å². The van der Waals surface area contributed by atoms with Crippen LogP contribution in [0.25, 0.3) is 0 Å². The molecule has 2 atom stereocenters. The van der Waals surface area contributed by atoms with Gasteiger partial charge >= 0.3 is 0 Å². The third-order valence-electron chi connectivity index (χ3n) is 5.51. The lowest BCUT2D eigenvalue weighted by Gasteiger charge is -2.38. The maximum Gasteiger partial charge on any atom is 0.191 e. The van der Waals surface area contributed by atoms with Crippen LogP contribution in [0, 0.1) is 0 Å². The van der Waals surface area contributed by atoms with Crippen molar-refractivity contribution < 1.29 is 9.47 Å². The maximum atomic E-state index is 6.14. The second-order valence-corrected chi connectivity index (χ2v) is 8.13. The Balaban J connectivity index is 0.00000240. The molecule has 2 aromatic rings. The van der Waals surface area contributed by atoms with Gasteiger partial charge in [0.1, 0.15) is 17.1 Å². The van der Waals surface area contributed by atoms with Gasteiger partial charge in [0, 0.05) is 31.5 Å². The molecule has 2 aliphatic heterocycles. The molecule has 5 nitrogen and oxygen atoms in total. The Morgan fingerprint density at radius 2 is 1.76 bits per heavy atom. The second kappa shape index (κ2) is 9.24. The number of guanidine groups is 1. The van der Waals surface area contributed by atoms with Crippen molar-refractivity contribution in [3.63, 3.8) is 0 Å². The SMILES string of the molecule is CN=C(NCC1CCOc2ccccc21)NC1CC(C)(C)Oc2ccccc21.I. The van der Waals surface area contributed by atoms with Crippen LogP contribution in [0.1, 0.15) is 49.8 Å². The molecule has 0 aromatic heterocycles. The van der Waals surface area contributed by atoms with E-state index in [1.165, 1.54) is 11.1 Å². The highest BCUT2D eigenvalue weighted by Crippen LogP contribution is 2.39. The molecule has 156 valence electrons. The summed E-state index contributed by atoms with van der Waals surface area (Å²) < 4.78 is 11.9. The first-order valence-electron chi connectivity index (χ1n) is 10.0. The lowest BCUT2D eigenvalue weighted by molar-refractivity contribution is 0.0694. The van der Waals surface area contributed by atoms with Crippen LogP contribution in [0.5, 0.6) is 11.5 Å². The fourth-order valence-electron chi connectivity index (χ4n) is 4.14. The van der Waals surface area contributed by atoms with Crippen molar-refractivity contribution in [2.75, 3.05) is 20.2 Å². The molecule has 0 radical (unpaired) electrons. The van der Waals surface area contributed by atoms with Gasteiger partial charge in [-0.05, 0) is 38.0 Å². The third-order valence-corrected chi connectivity index (χ3v) is 5.51. The molecule has 0 saturated carbocycles. The van der Waals surface area contributed by atoms with E-state index in [1.54, 1.807) is 0 Å². The minimum Gasteiger partial charge on any atom is -0.493 e. The summed E-state index contributed by atoms with van der Waals surface area (Å²) in [5.74, 6) is 3.19. The van der Waals surface area contributed by atoms with E-state index in [2.05, 4.69) is 59.8 Å². The molecule has 29 heavy (non-hydrogen) atoms. The van der Waals surface area contributed by atoms with Gasteiger partial charge in [-0.3, -0.25) is 4.99 Å². The van der Waals surface area contributed by atoms with Crippen molar-refractivity contribution in [1.82, 2.24) is 10.6 Å². The zero-order valence-corrected chi connectivity index (χ0v) is 19.6. The van der Waals surface area contributed by atoms with Crippen molar-refractivity contribution in [3.05, 3.63) is 59.7 Å². The normalized spacial score (nSPS) is 22.1. The average Bonchev–Trinajstić information content (AvgIpc) is 2.70. The van der Waals surface area contributed by atoms with Gasteiger partial charge < -0.3 is 20.1 Å². The first-order chi connectivity index (χ1) is 13.6. The van der Waals surface area contributed by atoms with Gasteiger partial charge in [-0.2, -0.15) is 0 Å². The van der Waals surface area contributed by atoms with Crippen LogP contribution in [0.3, 0.4) is 0 Å². The standard InChI is InChI=1S/C23H29N3O2.HI/c1-23(2)14-19(18-9-5-7-11-21(18)28-23)26-22(24-3)25-15-16-12-13-27-20-10-6-4-8-17(16)20;/h4-11,16,19H,12-15H2,1-3H3,(H2,24,25,26);1H. The Bertz CT molecular complexity index is 869. The van der Waals surface area contributed by atoms with E-state index in [-0.39, 0.29) is 35.6 Å². The van der Waals surface area contributed by atoms with Gasteiger partial charge in [0.2, 0.25) is 0 Å². The first-order valence-corrected chi connectivity index (χ1v) is 10.0. The number of benzene rings is 2. The number of para-hydroxylation sites is 2. The Hall–Kier alpha value is -1.96. The molecule has 2 heterocycles. The largest absolute Gasteiger partial charge is 0.493 e. The molecule has 6 heteroatoms. The van der Waals surface area contributed by atoms with Crippen molar-refractivity contribution in [1.29, 1.82) is 0 Å². The lowest BCUT2D eigenvalue weighted by Crippen LogP contribution is -2.46. The van der Waals surface area contributed by atoms with E-state index >= 15 is 0 Å². The second-order valence-electron chi connectivity index (χ2n) is 8.13. The average molecular weight is 507 g/mol. The smallest absolute Gasteiger partial charge is 0.191 e. The molecule has 0 fully saturated rings. The summed E-state index contributed by atoms with van der Waals surface area (Å²) in [7, 11) is 1.82. The third kappa shape index (κ3) is 4.97. The molecule has 0 amide bonds. The van der Waals surface area contributed by atoms with E-state index in [4.69, 9.17) is 9.47 Å². The summed E-state index contributed by atoms with van der Waals surface area (Å²) in [6, 6.07) is 16.7.